The molecule has 0 radical (unpaired) electrons. The summed E-state index contributed by atoms with van der Waals surface area (Å²) in [5.41, 5.74) is 0.957. The zero-order valence-electron chi connectivity index (χ0n) is 10.4. The average Bonchev–Trinajstić information content (AvgIpc) is 2.88. The van der Waals surface area contributed by atoms with Crippen LogP contribution in [-0.4, -0.2) is 27.7 Å². The van der Waals surface area contributed by atoms with Crippen LogP contribution in [0.3, 0.4) is 0 Å². The molecule has 0 saturated heterocycles. The number of thioether (sulfide) groups is 1. The number of amides is 1. The van der Waals surface area contributed by atoms with Crippen molar-refractivity contribution in [1.29, 1.82) is 0 Å². The topological polar surface area (TPSA) is 64.1 Å². The number of hydrogen-bond acceptors (Lipinski definition) is 6. The lowest BCUT2D eigenvalue weighted by Crippen LogP contribution is -2.26. The molecule has 0 aliphatic rings. The predicted molar refractivity (Wildman–Crippen MR) is 80.3 cm³/mol. The van der Waals surface area contributed by atoms with Gasteiger partial charge in [0.25, 0.3) is 0 Å². The zero-order chi connectivity index (χ0) is 14.2. The number of nitrogens with one attached hydrogen (secondary N) is 1. The van der Waals surface area contributed by atoms with E-state index in [2.05, 4.69) is 14.7 Å². The quantitative estimate of drug-likeness (QED) is 0.651. The Balaban J connectivity index is 1.58. The van der Waals surface area contributed by atoms with Gasteiger partial charge >= 0.3 is 6.09 Å². The maximum Gasteiger partial charge on any atom is 0.407 e. The first kappa shape index (κ1) is 15.1. The fraction of sp³-hybridized carbons (Fsp3) is 0.250. The van der Waals surface area contributed by atoms with E-state index >= 15 is 0 Å². The molecular weight excluding hydrogens is 318 g/mol. The molecule has 1 N–H and O–H groups in total. The largest absolute Gasteiger partial charge is 0.445 e. The van der Waals surface area contributed by atoms with Gasteiger partial charge in [-0.05, 0) is 28.7 Å². The van der Waals surface area contributed by atoms with Crippen LogP contribution in [0, 0.1) is 0 Å². The van der Waals surface area contributed by atoms with Crippen LogP contribution in [0.25, 0.3) is 0 Å². The Hall–Kier alpha value is -1.31. The van der Waals surface area contributed by atoms with E-state index in [0.29, 0.717) is 21.9 Å². The second-order valence-corrected chi connectivity index (χ2v) is 6.06. The van der Waals surface area contributed by atoms with Crippen molar-refractivity contribution in [3.05, 3.63) is 40.4 Å². The Labute approximate surface area is 129 Å². The first-order valence-corrected chi connectivity index (χ1v) is 7.94. The fourth-order valence-corrected chi connectivity index (χ4v) is 2.80. The van der Waals surface area contributed by atoms with Crippen LogP contribution in [0.15, 0.2) is 35.5 Å². The highest BCUT2D eigenvalue weighted by Crippen LogP contribution is 2.19. The lowest BCUT2D eigenvalue weighted by Gasteiger charge is -2.06. The van der Waals surface area contributed by atoms with Gasteiger partial charge in [-0.15, -0.1) is 0 Å². The first-order valence-electron chi connectivity index (χ1n) is 5.80. The number of nitrogens with zero attached hydrogens (tertiary/aromatic N) is 2. The number of ether oxygens (including phenoxy) is 1. The minimum absolute atomic E-state index is 0.267. The molecular formula is C12H12ClN3O2S2. The molecule has 1 aromatic carbocycles. The van der Waals surface area contributed by atoms with Gasteiger partial charge in [-0.3, -0.25) is 0 Å². The van der Waals surface area contributed by atoms with E-state index in [1.165, 1.54) is 11.8 Å². The van der Waals surface area contributed by atoms with Crippen molar-refractivity contribution in [3.8, 4) is 0 Å². The molecule has 2 aromatic rings. The van der Waals surface area contributed by atoms with Gasteiger partial charge in [0.1, 0.15) is 6.61 Å². The van der Waals surface area contributed by atoms with Crippen LogP contribution in [0.5, 0.6) is 0 Å². The van der Waals surface area contributed by atoms with Gasteiger partial charge in [0, 0.05) is 12.3 Å². The number of benzene rings is 1. The molecule has 106 valence electrons. The smallest absolute Gasteiger partial charge is 0.407 e. The van der Waals surface area contributed by atoms with Crippen molar-refractivity contribution in [3.63, 3.8) is 0 Å². The molecule has 0 fully saturated rings. The summed E-state index contributed by atoms with van der Waals surface area (Å²) in [4.78, 5) is 15.4. The third kappa shape index (κ3) is 5.36. The van der Waals surface area contributed by atoms with E-state index in [1.807, 2.05) is 30.3 Å². The molecule has 2 rings (SSSR count). The minimum Gasteiger partial charge on any atom is -0.445 e. The summed E-state index contributed by atoms with van der Waals surface area (Å²) in [6.45, 7) is 0.748. The Bertz CT molecular complexity index is 551. The van der Waals surface area contributed by atoms with Crippen molar-refractivity contribution in [2.24, 2.45) is 0 Å². The lowest BCUT2D eigenvalue weighted by molar-refractivity contribution is 0.140. The summed E-state index contributed by atoms with van der Waals surface area (Å²) < 4.78 is 9.52. The molecule has 1 amide bonds. The number of halogens is 1. The van der Waals surface area contributed by atoms with E-state index in [4.69, 9.17) is 16.3 Å². The van der Waals surface area contributed by atoms with Gasteiger partial charge in [0.2, 0.25) is 9.62 Å². The Kier molecular flexibility index (Phi) is 6.10. The first-order chi connectivity index (χ1) is 9.74. The number of alkyl carbamates (subject to hydrolysis) is 1. The lowest BCUT2D eigenvalue weighted by atomic mass is 10.2. The molecule has 0 bridgehead atoms. The molecule has 5 nitrogen and oxygen atoms in total. The standard InChI is InChI=1S/C12H12ClN3O2S2/c13-10-15-11(16-20-10)19-7-6-14-12(17)18-8-9-4-2-1-3-5-9/h1-5H,6-8H2,(H,14,17). The number of carbonyl (C=O) groups excluding carboxylic acids is 1. The van der Waals surface area contributed by atoms with Crippen molar-refractivity contribution in [2.75, 3.05) is 12.3 Å². The van der Waals surface area contributed by atoms with Gasteiger partial charge in [-0.2, -0.15) is 9.36 Å². The highest BCUT2D eigenvalue weighted by molar-refractivity contribution is 7.99. The van der Waals surface area contributed by atoms with Crippen LogP contribution in [-0.2, 0) is 11.3 Å². The molecule has 0 atom stereocenters. The SMILES string of the molecule is O=C(NCCSc1nsc(Cl)n1)OCc1ccccc1. The zero-order valence-corrected chi connectivity index (χ0v) is 12.8. The molecule has 0 unspecified atom stereocenters. The summed E-state index contributed by atoms with van der Waals surface area (Å²) >= 11 is 8.24. The molecule has 1 heterocycles. The second-order valence-electron chi connectivity index (χ2n) is 3.67. The molecule has 20 heavy (non-hydrogen) atoms. The second kappa shape index (κ2) is 8.08. The average molecular weight is 330 g/mol. The summed E-state index contributed by atoms with van der Waals surface area (Å²) in [5.74, 6) is 0.660. The predicted octanol–water partition coefficient (Wildman–Crippen LogP) is 3.21. The highest BCUT2D eigenvalue weighted by Gasteiger charge is 2.04. The Morgan fingerprint density at radius 3 is 2.90 bits per heavy atom. The maximum atomic E-state index is 11.4. The van der Waals surface area contributed by atoms with Crippen molar-refractivity contribution < 1.29 is 9.53 Å². The highest BCUT2D eigenvalue weighted by atomic mass is 35.5. The summed E-state index contributed by atoms with van der Waals surface area (Å²) in [6, 6.07) is 9.53. The number of rotatable bonds is 6. The monoisotopic (exact) mass is 329 g/mol. The summed E-state index contributed by atoms with van der Waals surface area (Å²) in [5, 5.41) is 3.29. The molecule has 0 saturated carbocycles. The normalized spacial score (nSPS) is 10.2. The van der Waals surface area contributed by atoms with E-state index in [-0.39, 0.29) is 6.61 Å². The number of aromatic nitrogens is 2. The molecule has 1 aromatic heterocycles. The Morgan fingerprint density at radius 2 is 2.20 bits per heavy atom. The van der Waals surface area contributed by atoms with Gasteiger partial charge in [0.05, 0.1) is 0 Å². The van der Waals surface area contributed by atoms with Gasteiger partial charge in [-0.25, -0.2) is 4.79 Å². The van der Waals surface area contributed by atoms with E-state index in [0.717, 1.165) is 17.1 Å². The van der Waals surface area contributed by atoms with Crippen LogP contribution in [0.2, 0.25) is 4.47 Å². The third-order valence-electron chi connectivity index (χ3n) is 2.20. The van der Waals surface area contributed by atoms with Crippen LogP contribution in [0.1, 0.15) is 5.56 Å². The number of hydrogen-bond donors (Lipinski definition) is 1. The van der Waals surface area contributed by atoms with Crippen LogP contribution < -0.4 is 5.32 Å². The van der Waals surface area contributed by atoms with Crippen LogP contribution in [0.4, 0.5) is 4.79 Å². The summed E-state index contributed by atoms with van der Waals surface area (Å²) in [7, 11) is 0. The fourth-order valence-electron chi connectivity index (χ4n) is 1.32. The van der Waals surface area contributed by atoms with Crippen LogP contribution >= 0.6 is 34.9 Å². The van der Waals surface area contributed by atoms with E-state index < -0.39 is 6.09 Å². The Morgan fingerprint density at radius 1 is 1.40 bits per heavy atom. The van der Waals surface area contributed by atoms with Gasteiger partial charge in [0.15, 0.2) is 0 Å². The molecule has 0 spiro atoms. The number of carbonyl (C=O) groups is 1. The van der Waals surface area contributed by atoms with E-state index in [1.54, 1.807) is 0 Å². The minimum atomic E-state index is -0.432. The summed E-state index contributed by atoms with van der Waals surface area (Å²) in [6.07, 6.45) is -0.432. The maximum absolute atomic E-state index is 11.4. The van der Waals surface area contributed by atoms with Crippen molar-refractivity contribution in [2.45, 2.75) is 11.8 Å². The van der Waals surface area contributed by atoms with Crippen molar-refractivity contribution in [1.82, 2.24) is 14.7 Å². The molecule has 8 heteroatoms. The van der Waals surface area contributed by atoms with Crippen molar-refractivity contribution >= 4 is 41.0 Å². The molecule has 0 aliphatic carbocycles. The third-order valence-corrected chi connectivity index (χ3v) is 3.96. The van der Waals surface area contributed by atoms with E-state index in [9.17, 15) is 4.79 Å². The van der Waals surface area contributed by atoms with Gasteiger partial charge in [-0.1, -0.05) is 42.1 Å². The molecule has 0 aliphatic heterocycles. The van der Waals surface area contributed by atoms with Gasteiger partial charge < -0.3 is 10.1 Å².